The van der Waals surface area contributed by atoms with Crippen LogP contribution in [0.1, 0.15) is 40.2 Å². The summed E-state index contributed by atoms with van der Waals surface area (Å²) in [6.07, 6.45) is 4.99. The summed E-state index contributed by atoms with van der Waals surface area (Å²) in [5, 5.41) is 9.36. The summed E-state index contributed by atoms with van der Waals surface area (Å²) in [5.74, 6) is -2.55. The van der Waals surface area contributed by atoms with Gasteiger partial charge in [0.15, 0.2) is 11.6 Å². The van der Waals surface area contributed by atoms with E-state index in [2.05, 4.69) is 12.6 Å². The number of fused-ring (bicyclic) bond motifs is 1. The van der Waals surface area contributed by atoms with Gasteiger partial charge in [0.05, 0.1) is 44.4 Å². The Bertz CT molecular complexity index is 2010. The number of carbonyl (C=O) groups is 1. The Balaban J connectivity index is 1.94. The number of piperazine rings is 1. The van der Waals surface area contributed by atoms with Crippen LogP contribution in [0.2, 0.25) is 15.1 Å². The van der Waals surface area contributed by atoms with Crippen LogP contribution in [0.5, 0.6) is 0 Å². The molecule has 4 heterocycles. The van der Waals surface area contributed by atoms with Crippen molar-refractivity contribution in [3.63, 3.8) is 0 Å². The first-order valence-electron chi connectivity index (χ1n) is 15.2. The molecule has 1 amide bonds. The van der Waals surface area contributed by atoms with Gasteiger partial charge in [0.1, 0.15) is 22.3 Å². The van der Waals surface area contributed by atoms with E-state index in [1.165, 1.54) is 16.7 Å². The van der Waals surface area contributed by atoms with Gasteiger partial charge in [0.25, 0.3) is 5.56 Å². The molecule has 2 N–H and O–H groups in total. The molecule has 2 aromatic heterocycles. The molecule has 48 heavy (non-hydrogen) atoms. The van der Waals surface area contributed by atoms with Crippen molar-refractivity contribution in [1.29, 1.82) is 5.26 Å². The van der Waals surface area contributed by atoms with E-state index in [0.717, 1.165) is 5.57 Å². The van der Waals surface area contributed by atoms with E-state index < -0.39 is 38.5 Å². The Labute approximate surface area is 292 Å². The van der Waals surface area contributed by atoms with E-state index in [9.17, 15) is 14.9 Å². The normalized spacial score (nSPS) is 19.8. The first kappa shape index (κ1) is 35.2. The molecule has 3 atom stereocenters. The molecule has 14 heteroatoms. The number of benzene rings is 1. The van der Waals surface area contributed by atoms with Gasteiger partial charge < -0.3 is 20.4 Å². The zero-order valence-corrected chi connectivity index (χ0v) is 29.5. The Hall–Kier alpha value is -4.11. The average Bonchev–Trinajstić information content (AvgIpc) is 3.03. The summed E-state index contributed by atoms with van der Waals surface area (Å²) in [4.78, 5) is 37.6. The first-order chi connectivity index (χ1) is 22.6. The van der Waals surface area contributed by atoms with Crippen molar-refractivity contribution in [1.82, 2.24) is 19.4 Å². The highest BCUT2D eigenvalue weighted by atomic mass is 35.5. The SMILES string of the molecule is C=CC(=O)N1[C@H](C)CN(c2c(C#N)c(=O)n(C3=C(C)C=CN(C)C3C(C)C)c3nc(-c4c(F)c(N)c(Cl)c(F)c4Cl)c(Cl)cc23)C[C@@H]1C. The number of aromatic nitrogens is 2. The number of anilines is 2. The Morgan fingerprint density at radius 1 is 1.17 bits per heavy atom. The van der Waals surface area contributed by atoms with E-state index in [4.69, 9.17) is 45.5 Å². The van der Waals surface area contributed by atoms with Crippen LogP contribution in [0, 0.1) is 28.9 Å². The number of nitrogen functional groups attached to an aromatic ring is 1. The van der Waals surface area contributed by atoms with Crippen LogP contribution < -0.4 is 16.2 Å². The number of hydrogen-bond acceptors (Lipinski definition) is 7. The lowest BCUT2D eigenvalue weighted by Gasteiger charge is -2.45. The van der Waals surface area contributed by atoms with Crippen molar-refractivity contribution in [2.45, 2.75) is 52.7 Å². The second-order valence-corrected chi connectivity index (χ2v) is 13.7. The highest BCUT2D eigenvalue weighted by Crippen LogP contribution is 2.44. The Morgan fingerprint density at radius 3 is 2.35 bits per heavy atom. The largest absolute Gasteiger partial charge is 0.395 e. The number of nitrogens with zero attached hydrogens (tertiary/aromatic N) is 6. The molecule has 2 aliphatic rings. The summed E-state index contributed by atoms with van der Waals surface area (Å²) in [7, 11) is 1.87. The quantitative estimate of drug-likeness (QED) is 0.130. The van der Waals surface area contributed by atoms with E-state index in [-0.39, 0.29) is 70.7 Å². The predicted octanol–water partition coefficient (Wildman–Crippen LogP) is 7.08. The van der Waals surface area contributed by atoms with Crippen molar-refractivity contribution in [2.24, 2.45) is 5.92 Å². The third-order valence-electron chi connectivity index (χ3n) is 8.94. The van der Waals surface area contributed by atoms with Crippen molar-refractivity contribution in [3.8, 4) is 17.3 Å². The molecule has 0 bridgehead atoms. The summed E-state index contributed by atoms with van der Waals surface area (Å²) in [5.41, 5.74) is 5.06. The smallest absolute Gasteiger partial charge is 0.276 e. The van der Waals surface area contributed by atoms with Crippen molar-refractivity contribution >= 4 is 68.8 Å². The van der Waals surface area contributed by atoms with Crippen LogP contribution in [0.3, 0.4) is 0 Å². The van der Waals surface area contributed by atoms with Crippen molar-refractivity contribution in [3.05, 3.63) is 79.2 Å². The number of nitriles is 1. The number of carbonyl (C=O) groups excluding carboxylic acids is 1. The molecule has 1 fully saturated rings. The molecule has 3 aromatic rings. The maximum Gasteiger partial charge on any atom is 0.276 e. The maximum atomic E-state index is 15.7. The van der Waals surface area contributed by atoms with Crippen molar-refractivity contribution < 1.29 is 13.6 Å². The highest BCUT2D eigenvalue weighted by molar-refractivity contribution is 6.39. The number of nitrogens with two attached hydrogens (primary N) is 1. The first-order valence-corrected chi connectivity index (χ1v) is 16.3. The van der Waals surface area contributed by atoms with Crippen LogP contribution in [0.25, 0.3) is 28.0 Å². The van der Waals surface area contributed by atoms with Gasteiger partial charge in [-0.15, -0.1) is 0 Å². The number of amides is 1. The molecule has 1 unspecified atom stereocenters. The van der Waals surface area contributed by atoms with Gasteiger partial charge in [0.2, 0.25) is 5.91 Å². The molecule has 0 saturated carbocycles. The fourth-order valence-electron chi connectivity index (χ4n) is 6.93. The molecule has 0 aliphatic carbocycles. The van der Waals surface area contributed by atoms with Gasteiger partial charge in [-0.3, -0.25) is 14.2 Å². The molecule has 1 aromatic carbocycles. The fraction of sp³-hybridized carbons (Fsp3) is 0.353. The van der Waals surface area contributed by atoms with Crippen molar-refractivity contribution in [2.75, 3.05) is 30.8 Å². The zero-order chi connectivity index (χ0) is 35.5. The predicted molar refractivity (Wildman–Crippen MR) is 188 cm³/mol. The maximum absolute atomic E-state index is 15.7. The molecule has 5 rings (SSSR count). The summed E-state index contributed by atoms with van der Waals surface area (Å²) >= 11 is 19.0. The number of allylic oxidation sites excluding steroid dienone is 2. The monoisotopic (exact) mass is 715 g/mol. The van der Waals surface area contributed by atoms with Gasteiger partial charge in [-0.25, -0.2) is 13.8 Å². The third kappa shape index (κ3) is 5.50. The number of rotatable bonds is 5. The van der Waals surface area contributed by atoms with Crippen LogP contribution >= 0.6 is 34.8 Å². The molecule has 252 valence electrons. The standard InChI is InChI=1S/C34H34Cl3F2N7O2/c1-8-22(47)45-17(5)13-44(14-18(45)6)32-19-11-21(35)29(23-24(36)27(39)25(37)28(41)26(23)38)42-33(19)46(34(48)20(32)12-40)31-16(4)9-10-43(7)30(31)15(2)3/h8-11,15,17-18,30H,1,13-14,41H2,2-7H3/t17-,18+,30?. The number of halogens is 5. The number of likely N-dealkylation sites (N-methyl/N-ethyl adjacent to an activating group) is 1. The summed E-state index contributed by atoms with van der Waals surface area (Å²) in [6, 6.07) is 2.59. The summed E-state index contributed by atoms with van der Waals surface area (Å²) < 4.78 is 32.2. The van der Waals surface area contributed by atoms with Crippen LogP contribution in [-0.2, 0) is 4.79 Å². The van der Waals surface area contributed by atoms with E-state index >= 15 is 8.78 Å². The molecule has 9 nitrogen and oxygen atoms in total. The van der Waals surface area contributed by atoms with E-state index in [0.29, 0.717) is 11.1 Å². The van der Waals surface area contributed by atoms with E-state index in [1.807, 2.05) is 63.7 Å². The van der Waals surface area contributed by atoms with Gasteiger partial charge >= 0.3 is 0 Å². The van der Waals surface area contributed by atoms with Crippen LogP contribution in [0.4, 0.5) is 20.2 Å². The Morgan fingerprint density at radius 2 is 1.79 bits per heavy atom. The van der Waals surface area contributed by atoms with Crippen LogP contribution in [-0.4, -0.2) is 63.5 Å². The minimum atomic E-state index is -1.16. The molecule has 0 radical (unpaired) electrons. The average molecular weight is 717 g/mol. The Kier molecular flexibility index (Phi) is 9.58. The molecule has 1 saturated heterocycles. The van der Waals surface area contributed by atoms with Gasteiger partial charge in [-0.1, -0.05) is 55.2 Å². The molecule has 2 aliphatic heterocycles. The lowest BCUT2D eigenvalue weighted by atomic mass is 9.93. The molecular formula is C34H34Cl3F2N7O2. The van der Waals surface area contributed by atoms with Gasteiger partial charge in [-0.05, 0) is 56.7 Å². The van der Waals surface area contributed by atoms with E-state index in [1.54, 1.807) is 4.90 Å². The second kappa shape index (κ2) is 13.1. The number of hydrogen-bond donors (Lipinski definition) is 1. The van der Waals surface area contributed by atoms with Crippen LogP contribution in [0.15, 0.2) is 41.4 Å². The topological polar surface area (TPSA) is 111 Å². The molecular weight excluding hydrogens is 683 g/mol. The third-order valence-corrected chi connectivity index (χ3v) is 9.95. The summed E-state index contributed by atoms with van der Waals surface area (Å²) in [6.45, 7) is 13.7. The molecule has 0 spiro atoms. The number of pyridine rings is 2. The lowest BCUT2D eigenvalue weighted by Crippen LogP contribution is -2.58. The lowest BCUT2D eigenvalue weighted by molar-refractivity contribution is -0.130. The minimum absolute atomic E-state index is 0.0157. The second-order valence-electron chi connectivity index (χ2n) is 12.5. The zero-order valence-electron chi connectivity index (χ0n) is 27.2. The van der Waals surface area contributed by atoms with Gasteiger partial charge in [-0.2, -0.15) is 5.26 Å². The van der Waals surface area contributed by atoms with Gasteiger partial charge in [0, 0.05) is 37.6 Å². The minimum Gasteiger partial charge on any atom is -0.395 e. The highest BCUT2D eigenvalue weighted by Gasteiger charge is 2.37. The fourth-order valence-corrected chi connectivity index (χ4v) is 7.67.